The largest absolute Gasteiger partial charge is 0.480 e. The van der Waals surface area contributed by atoms with Crippen LogP contribution in [0.3, 0.4) is 0 Å². The van der Waals surface area contributed by atoms with E-state index in [2.05, 4.69) is 28.9 Å². The van der Waals surface area contributed by atoms with Crippen LogP contribution in [0.4, 0.5) is 5.69 Å². The lowest BCUT2D eigenvalue weighted by atomic mass is 10.2. The number of carboxylic acids is 1. The zero-order valence-electron chi connectivity index (χ0n) is 9.74. The van der Waals surface area contributed by atoms with Gasteiger partial charge in [-0.15, -0.1) is 11.8 Å². The van der Waals surface area contributed by atoms with E-state index in [1.165, 1.54) is 5.56 Å². The van der Waals surface area contributed by atoms with E-state index in [9.17, 15) is 4.79 Å². The number of fused-ring (bicyclic) bond motifs is 1. The lowest BCUT2D eigenvalue weighted by Gasteiger charge is -2.34. The minimum atomic E-state index is -0.789. The first-order valence-corrected chi connectivity index (χ1v) is 7.08. The first kappa shape index (κ1) is 12.8. The maximum Gasteiger partial charge on any atom is 0.323 e. The van der Waals surface area contributed by atoms with Crippen molar-refractivity contribution >= 4 is 39.3 Å². The molecule has 3 nitrogen and oxygen atoms in total. The molecule has 0 radical (unpaired) electrons. The molecule has 2 rings (SSSR count). The Morgan fingerprint density at radius 1 is 1.65 bits per heavy atom. The molecule has 1 atom stereocenters. The quantitative estimate of drug-likeness (QED) is 0.910. The van der Waals surface area contributed by atoms with Gasteiger partial charge in [-0.05, 0) is 40.5 Å². The number of hydrogen-bond acceptors (Lipinski definition) is 3. The number of aryl methyl sites for hydroxylation is 1. The standard InChI is InChI=1S/C12H14BrNO2S/c1-7-3-9(13)12-10(4-7)17-8(2)5-14(12)6-11(15)16/h3-4,8H,5-6H2,1-2H3,(H,15,16). The van der Waals surface area contributed by atoms with Gasteiger partial charge in [-0.1, -0.05) is 6.92 Å². The summed E-state index contributed by atoms with van der Waals surface area (Å²) in [6.07, 6.45) is 0. The second kappa shape index (κ2) is 4.90. The third-order valence-corrected chi connectivity index (χ3v) is 4.34. The number of rotatable bonds is 2. The zero-order chi connectivity index (χ0) is 12.6. The topological polar surface area (TPSA) is 40.5 Å². The fourth-order valence-corrected chi connectivity index (χ4v) is 4.31. The fourth-order valence-electron chi connectivity index (χ4n) is 2.06. The highest BCUT2D eigenvalue weighted by Crippen LogP contribution is 2.43. The molecule has 1 aromatic rings. The summed E-state index contributed by atoms with van der Waals surface area (Å²) < 4.78 is 0.980. The smallest absolute Gasteiger partial charge is 0.323 e. The highest BCUT2D eigenvalue weighted by Gasteiger charge is 2.26. The van der Waals surface area contributed by atoms with Gasteiger partial charge in [-0.25, -0.2) is 0 Å². The summed E-state index contributed by atoms with van der Waals surface area (Å²) in [5.41, 5.74) is 2.20. The Kier molecular flexibility index (Phi) is 3.68. The molecule has 0 aliphatic carbocycles. The van der Waals surface area contributed by atoms with Crippen molar-refractivity contribution in [3.8, 4) is 0 Å². The van der Waals surface area contributed by atoms with Crippen LogP contribution in [0.5, 0.6) is 0 Å². The molecule has 1 heterocycles. The molecule has 0 spiro atoms. The number of benzene rings is 1. The molecule has 5 heteroatoms. The number of thioether (sulfide) groups is 1. The van der Waals surface area contributed by atoms with Crippen LogP contribution >= 0.6 is 27.7 Å². The van der Waals surface area contributed by atoms with Crippen molar-refractivity contribution in [2.45, 2.75) is 24.0 Å². The molecule has 0 saturated heterocycles. The van der Waals surface area contributed by atoms with E-state index >= 15 is 0 Å². The number of carboxylic acid groups (broad SMARTS) is 1. The van der Waals surface area contributed by atoms with Crippen LogP contribution in [0.25, 0.3) is 0 Å². The Hall–Kier alpha value is -0.680. The Labute approximate surface area is 113 Å². The Morgan fingerprint density at radius 3 is 3.00 bits per heavy atom. The highest BCUT2D eigenvalue weighted by atomic mass is 79.9. The van der Waals surface area contributed by atoms with Gasteiger partial charge in [0.25, 0.3) is 0 Å². The molecule has 1 aliphatic rings. The Balaban J connectivity index is 2.44. The van der Waals surface area contributed by atoms with Crippen LogP contribution in [0.2, 0.25) is 0 Å². The van der Waals surface area contributed by atoms with E-state index in [1.54, 1.807) is 11.8 Å². The SMILES string of the molecule is Cc1cc(Br)c2c(c1)SC(C)CN2CC(=O)O. The lowest BCUT2D eigenvalue weighted by Crippen LogP contribution is -2.37. The van der Waals surface area contributed by atoms with Gasteiger partial charge in [0.15, 0.2) is 0 Å². The summed E-state index contributed by atoms with van der Waals surface area (Å²) in [6.45, 7) is 5.00. The normalized spacial score (nSPS) is 19.0. The number of aliphatic carboxylic acids is 1. The van der Waals surface area contributed by atoms with Gasteiger partial charge in [-0.3, -0.25) is 4.79 Å². The predicted molar refractivity (Wildman–Crippen MR) is 74.0 cm³/mol. The third kappa shape index (κ3) is 2.77. The Bertz CT molecular complexity index is 464. The molecule has 1 aliphatic heterocycles. The molecule has 17 heavy (non-hydrogen) atoms. The average Bonchev–Trinajstić information content (AvgIpc) is 2.13. The first-order valence-electron chi connectivity index (χ1n) is 5.41. The van der Waals surface area contributed by atoms with E-state index in [0.29, 0.717) is 5.25 Å². The van der Waals surface area contributed by atoms with Crippen LogP contribution in [-0.2, 0) is 4.79 Å². The minimum absolute atomic E-state index is 0.0551. The van der Waals surface area contributed by atoms with Gasteiger partial charge in [0, 0.05) is 21.2 Å². The van der Waals surface area contributed by atoms with Crippen LogP contribution in [0, 0.1) is 6.92 Å². The summed E-state index contributed by atoms with van der Waals surface area (Å²) >= 11 is 5.34. The number of halogens is 1. The predicted octanol–water partition coefficient (Wildman–Crippen LogP) is 3.14. The van der Waals surface area contributed by atoms with Crippen LogP contribution < -0.4 is 4.90 Å². The average molecular weight is 316 g/mol. The number of nitrogens with zero attached hydrogens (tertiary/aromatic N) is 1. The van der Waals surface area contributed by atoms with E-state index in [0.717, 1.165) is 21.6 Å². The van der Waals surface area contributed by atoms with Crippen molar-refractivity contribution < 1.29 is 9.90 Å². The van der Waals surface area contributed by atoms with Crippen molar-refractivity contribution in [1.29, 1.82) is 0 Å². The van der Waals surface area contributed by atoms with Crippen molar-refractivity contribution in [3.63, 3.8) is 0 Å². The van der Waals surface area contributed by atoms with Crippen molar-refractivity contribution in [1.82, 2.24) is 0 Å². The monoisotopic (exact) mass is 315 g/mol. The Morgan fingerprint density at radius 2 is 2.35 bits per heavy atom. The second-order valence-corrected chi connectivity index (χ2v) is 6.63. The summed E-state index contributed by atoms with van der Waals surface area (Å²) in [4.78, 5) is 14.0. The maximum absolute atomic E-state index is 10.9. The van der Waals surface area contributed by atoms with E-state index < -0.39 is 5.97 Å². The summed E-state index contributed by atoms with van der Waals surface area (Å²) in [5, 5.41) is 9.37. The third-order valence-electron chi connectivity index (χ3n) is 2.62. The first-order chi connectivity index (χ1) is 7.97. The van der Waals surface area contributed by atoms with Crippen LogP contribution in [0.15, 0.2) is 21.5 Å². The van der Waals surface area contributed by atoms with E-state index in [-0.39, 0.29) is 6.54 Å². The molecule has 0 amide bonds. The molecular formula is C12H14BrNO2S. The molecule has 0 saturated carbocycles. The van der Waals surface area contributed by atoms with Crippen LogP contribution in [0.1, 0.15) is 12.5 Å². The minimum Gasteiger partial charge on any atom is -0.480 e. The van der Waals surface area contributed by atoms with Crippen LogP contribution in [-0.4, -0.2) is 29.4 Å². The van der Waals surface area contributed by atoms with Gasteiger partial charge >= 0.3 is 5.97 Å². The van der Waals surface area contributed by atoms with E-state index in [1.807, 2.05) is 17.9 Å². The molecule has 1 N–H and O–H groups in total. The van der Waals surface area contributed by atoms with Crippen molar-refractivity contribution in [2.24, 2.45) is 0 Å². The lowest BCUT2D eigenvalue weighted by molar-refractivity contribution is -0.135. The maximum atomic E-state index is 10.9. The molecule has 1 unspecified atom stereocenters. The summed E-state index contributed by atoms with van der Waals surface area (Å²) in [6, 6.07) is 4.15. The van der Waals surface area contributed by atoms with Crippen molar-refractivity contribution in [2.75, 3.05) is 18.0 Å². The molecule has 92 valence electrons. The molecular weight excluding hydrogens is 302 g/mol. The van der Waals surface area contributed by atoms with Crippen molar-refractivity contribution in [3.05, 3.63) is 22.2 Å². The second-order valence-electron chi connectivity index (χ2n) is 4.30. The van der Waals surface area contributed by atoms with Gasteiger partial charge in [0.1, 0.15) is 6.54 Å². The highest BCUT2D eigenvalue weighted by molar-refractivity contribution is 9.10. The van der Waals surface area contributed by atoms with E-state index in [4.69, 9.17) is 5.11 Å². The van der Waals surface area contributed by atoms with Gasteiger partial charge in [0.05, 0.1) is 5.69 Å². The zero-order valence-corrected chi connectivity index (χ0v) is 12.1. The molecule has 0 bridgehead atoms. The number of anilines is 1. The van der Waals surface area contributed by atoms with Gasteiger partial charge in [-0.2, -0.15) is 0 Å². The molecule has 1 aromatic carbocycles. The molecule has 0 aromatic heterocycles. The van der Waals surface area contributed by atoms with Gasteiger partial charge < -0.3 is 10.0 Å². The van der Waals surface area contributed by atoms with Gasteiger partial charge in [0.2, 0.25) is 0 Å². The summed E-state index contributed by atoms with van der Waals surface area (Å²) in [7, 11) is 0. The fraction of sp³-hybridized carbons (Fsp3) is 0.417. The molecule has 0 fully saturated rings. The summed E-state index contributed by atoms with van der Waals surface area (Å²) in [5.74, 6) is -0.789. The number of hydrogen-bond donors (Lipinski definition) is 1. The number of carbonyl (C=O) groups is 1.